The first-order chi connectivity index (χ1) is 28.0. The van der Waals surface area contributed by atoms with E-state index < -0.39 is 32.5 Å². The van der Waals surface area contributed by atoms with Crippen LogP contribution in [-0.4, -0.2) is 70.0 Å². The number of nitrogens with zero attached hydrogens (tertiary/aromatic N) is 1. The van der Waals surface area contributed by atoms with Gasteiger partial charge in [-0.1, -0.05) is 178 Å². The standard InChI is InChI=1S/C48H88NO8P/c1-6-8-10-12-14-16-18-20-22-23-24-25-27-29-31-33-35-37-39-41-48(51)57-46(45-56-58(52,53)55-43-42-49(3,4)5)44-54-47(50)40-38-36-34-32-30-28-26-21-19-17-15-13-11-9-7-2/h18,20,23-24,27,29,33,35,46H,6-17,19,21-22,25-26,28,30-32,34,36-45H2,1-5H3/b20-18-,24-23-,29-27-,35-33-/t46-/m1/s1. The maximum absolute atomic E-state index is 12.7. The van der Waals surface area contributed by atoms with Crippen LogP contribution in [0.1, 0.15) is 194 Å². The molecule has 0 radical (unpaired) electrons. The molecule has 0 saturated heterocycles. The number of phosphoric acid groups is 1. The number of hydrogen-bond acceptors (Lipinski definition) is 8. The van der Waals surface area contributed by atoms with Crippen molar-refractivity contribution in [2.45, 2.75) is 200 Å². The number of allylic oxidation sites excluding steroid dienone is 8. The number of likely N-dealkylation sites (N-methyl/N-ethyl adjacent to an activating group) is 1. The topological polar surface area (TPSA) is 111 Å². The number of rotatable bonds is 42. The highest BCUT2D eigenvalue weighted by molar-refractivity contribution is 7.45. The van der Waals surface area contributed by atoms with Gasteiger partial charge in [-0.3, -0.25) is 14.2 Å². The second-order valence-electron chi connectivity index (χ2n) is 16.8. The molecule has 0 fully saturated rings. The van der Waals surface area contributed by atoms with Crippen LogP contribution in [0, 0.1) is 0 Å². The Hall–Kier alpha value is -2.03. The normalized spacial score (nSPS) is 14.0. The maximum Gasteiger partial charge on any atom is 0.306 e. The lowest BCUT2D eigenvalue weighted by Crippen LogP contribution is -2.37. The second-order valence-corrected chi connectivity index (χ2v) is 18.2. The fourth-order valence-corrected chi connectivity index (χ4v) is 6.91. The van der Waals surface area contributed by atoms with Gasteiger partial charge in [-0.2, -0.15) is 0 Å². The van der Waals surface area contributed by atoms with Gasteiger partial charge in [0.1, 0.15) is 19.8 Å². The average Bonchev–Trinajstić information content (AvgIpc) is 3.17. The first kappa shape index (κ1) is 56.0. The monoisotopic (exact) mass is 838 g/mol. The van der Waals surface area contributed by atoms with Crippen LogP contribution in [0.5, 0.6) is 0 Å². The summed E-state index contributed by atoms with van der Waals surface area (Å²) in [6, 6.07) is 0. The van der Waals surface area contributed by atoms with Crippen molar-refractivity contribution in [3.63, 3.8) is 0 Å². The molecule has 2 atom stereocenters. The molecule has 0 bridgehead atoms. The Bertz CT molecular complexity index is 1130. The Labute approximate surface area is 356 Å². The van der Waals surface area contributed by atoms with E-state index >= 15 is 0 Å². The van der Waals surface area contributed by atoms with Crippen molar-refractivity contribution in [1.29, 1.82) is 0 Å². The molecule has 0 aromatic heterocycles. The van der Waals surface area contributed by atoms with Crippen molar-refractivity contribution in [2.24, 2.45) is 0 Å². The zero-order valence-electron chi connectivity index (χ0n) is 38.0. The largest absolute Gasteiger partial charge is 0.756 e. The molecule has 338 valence electrons. The van der Waals surface area contributed by atoms with E-state index in [1.54, 1.807) is 0 Å². The molecule has 9 nitrogen and oxygen atoms in total. The van der Waals surface area contributed by atoms with Gasteiger partial charge in [0.2, 0.25) is 0 Å². The minimum absolute atomic E-state index is 0.0411. The van der Waals surface area contributed by atoms with Gasteiger partial charge in [-0.05, 0) is 51.4 Å². The number of unbranched alkanes of at least 4 members (excludes halogenated alkanes) is 20. The summed E-state index contributed by atoms with van der Waals surface area (Å²) >= 11 is 0. The maximum atomic E-state index is 12.7. The van der Waals surface area contributed by atoms with E-state index in [-0.39, 0.29) is 26.1 Å². The van der Waals surface area contributed by atoms with Gasteiger partial charge in [-0.25, -0.2) is 0 Å². The number of esters is 2. The summed E-state index contributed by atoms with van der Waals surface area (Å²) < 4.78 is 33.9. The average molecular weight is 838 g/mol. The summed E-state index contributed by atoms with van der Waals surface area (Å²) in [6.45, 7) is 4.16. The number of phosphoric ester groups is 1. The van der Waals surface area contributed by atoms with E-state index in [9.17, 15) is 19.0 Å². The molecule has 0 aliphatic heterocycles. The van der Waals surface area contributed by atoms with E-state index in [2.05, 4.69) is 56.4 Å². The number of carbonyl (C=O) groups excluding carboxylic acids is 2. The van der Waals surface area contributed by atoms with Crippen LogP contribution in [-0.2, 0) is 32.7 Å². The minimum Gasteiger partial charge on any atom is -0.756 e. The molecular weight excluding hydrogens is 750 g/mol. The molecule has 0 spiro atoms. The van der Waals surface area contributed by atoms with Crippen LogP contribution in [0.2, 0.25) is 0 Å². The molecule has 58 heavy (non-hydrogen) atoms. The SMILES string of the molecule is CCCCCCC/C=C\C/C=C\C/C=C\C/C=C\CCCC(=O)O[C@H](COC(=O)CCCCCCCCCCCCCCCCC)COP(=O)([O-])OCC[N+](C)(C)C. The highest BCUT2D eigenvalue weighted by Gasteiger charge is 2.21. The summed E-state index contributed by atoms with van der Waals surface area (Å²) in [5, 5.41) is 0. The molecule has 0 saturated carbocycles. The molecule has 0 aliphatic rings. The first-order valence-electron chi connectivity index (χ1n) is 23.3. The van der Waals surface area contributed by atoms with Crippen molar-refractivity contribution < 1.29 is 42.1 Å². The summed E-state index contributed by atoms with van der Waals surface area (Å²) in [4.78, 5) is 37.6. The summed E-state index contributed by atoms with van der Waals surface area (Å²) in [7, 11) is 1.13. The molecular formula is C48H88NO8P. The van der Waals surface area contributed by atoms with E-state index in [0.29, 0.717) is 23.9 Å². The second kappa shape index (κ2) is 40.4. The van der Waals surface area contributed by atoms with Crippen LogP contribution < -0.4 is 4.89 Å². The predicted octanol–water partition coefficient (Wildman–Crippen LogP) is 12.8. The van der Waals surface area contributed by atoms with Crippen LogP contribution in [0.3, 0.4) is 0 Å². The van der Waals surface area contributed by atoms with Gasteiger partial charge in [-0.15, -0.1) is 0 Å². The molecule has 0 heterocycles. The van der Waals surface area contributed by atoms with E-state index in [0.717, 1.165) is 38.5 Å². The van der Waals surface area contributed by atoms with Crippen LogP contribution in [0.15, 0.2) is 48.6 Å². The van der Waals surface area contributed by atoms with Crippen LogP contribution >= 0.6 is 7.82 Å². The Morgan fingerprint density at radius 3 is 1.43 bits per heavy atom. The quantitative estimate of drug-likeness (QED) is 0.0196. The molecule has 0 aromatic rings. The lowest BCUT2D eigenvalue weighted by molar-refractivity contribution is -0.870. The third-order valence-corrected chi connectivity index (χ3v) is 10.8. The van der Waals surface area contributed by atoms with E-state index in [1.165, 1.54) is 116 Å². The lowest BCUT2D eigenvalue weighted by Gasteiger charge is -2.28. The van der Waals surface area contributed by atoms with Crippen molar-refractivity contribution in [1.82, 2.24) is 0 Å². The van der Waals surface area contributed by atoms with Gasteiger partial charge in [0.15, 0.2) is 6.10 Å². The number of carbonyl (C=O) groups is 2. The fraction of sp³-hybridized carbons (Fsp3) is 0.792. The van der Waals surface area contributed by atoms with Crippen molar-refractivity contribution in [3.05, 3.63) is 48.6 Å². The molecule has 0 rings (SSSR count). The van der Waals surface area contributed by atoms with Crippen LogP contribution in [0.25, 0.3) is 0 Å². The van der Waals surface area contributed by atoms with Crippen molar-refractivity contribution in [2.75, 3.05) is 47.5 Å². The lowest BCUT2D eigenvalue weighted by atomic mass is 10.0. The van der Waals surface area contributed by atoms with Crippen LogP contribution in [0.4, 0.5) is 0 Å². The summed E-state index contributed by atoms with van der Waals surface area (Å²) in [5.74, 6) is -0.896. The molecule has 0 aromatic carbocycles. The minimum atomic E-state index is -4.64. The van der Waals surface area contributed by atoms with Crippen molar-refractivity contribution in [3.8, 4) is 0 Å². The Morgan fingerprint density at radius 1 is 0.534 bits per heavy atom. The number of ether oxygens (including phenoxy) is 2. The molecule has 0 aliphatic carbocycles. The van der Waals surface area contributed by atoms with Gasteiger partial charge in [0.25, 0.3) is 7.82 Å². The first-order valence-corrected chi connectivity index (χ1v) is 24.8. The van der Waals surface area contributed by atoms with Gasteiger partial charge >= 0.3 is 11.9 Å². The highest BCUT2D eigenvalue weighted by Crippen LogP contribution is 2.38. The third kappa shape index (κ3) is 43.5. The Balaban J connectivity index is 4.42. The molecule has 0 amide bonds. The van der Waals surface area contributed by atoms with Gasteiger partial charge in [0.05, 0.1) is 27.7 Å². The summed E-state index contributed by atoms with van der Waals surface area (Å²) in [5.41, 5.74) is 0. The Morgan fingerprint density at radius 2 is 0.948 bits per heavy atom. The third-order valence-electron chi connectivity index (χ3n) is 9.85. The van der Waals surface area contributed by atoms with Gasteiger partial charge < -0.3 is 27.9 Å². The molecule has 0 N–H and O–H groups in total. The molecule has 1 unspecified atom stereocenters. The zero-order chi connectivity index (χ0) is 42.8. The zero-order valence-corrected chi connectivity index (χ0v) is 38.9. The fourth-order valence-electron chi connectivity index (χ4n) is 6.18. The predicted molar refractivity (Wildman–Crippen MR) is 240 cm³/mol. The van der Waals surface area contributed by atoms with E-state index in [4.69, 9.17) is 18.5 Å². The smallest absolute Gasteiger partial charge is 0.306 e. The van der Waals surface area contributed by atoms with E-state index in [1.807, 2.05) is 27.2 Å². The van der Waals surface area contributed by atoms with Crippen molar-refractivity contribution >= 4 is 19.8 Å². The van der Waals surface area contributed by atoms with Gasteiger partial charge in [0, 0.05) is 12.8 Å². The Kier molecular flexibility index (Phi) is 39.0. The molecule has 10 heteroatoms. The summed E-state index contributed by atoms with van der Waals surface area (Å²) in [6.07, 6.45) is 47.1. The highest BCUT2D eigenvalue weighted by atomic mass is 31.2. The number of hydrogen-bond donors (Lipinski definition) is 0. The number of quaternary nitrogens is 1.